The zero-order valence-electron chi connectivity index (χ0n) is 25.3. The monoisotopic (exact) mass is 676 g/mol. The van der Waals surface area contributed by atoms with Gasteiger partial charge in [-0.3, -0.25) is 14.5 Å². The van der Waals surface area contributed by atoms with Crippen LogP contribution in [0, 0.1) is 5.92 Å². The second kappa shape index (κ2) is 11.7. The molecule has 2 aliphatic heterocycles. The Bertz CT molecular complexity index is 1620. The highest BCUT2D eigenvalue weighted by atomic mass is 79.9. The van der Waals surface area contributed by atoms with Crippen molar-refractivity contribution in [2.24, 2.45) is 5.92 Å². The van der Waals surface area contributed by atoms with E-state index in [2.05, 4.69) is 51.2 Å². The number of rotatable bonds is 8. The van der Waals surface area contributed by atoms with E-state index in [-0.39, 0.29) is 29.4 Å². The molecule has 5 atom stereocenters. The molecule has 1 saturated carbocycles. The molecule has 7 rings (SSSR count). The number of carbonyl (C=O) groups excluding carboxylic acids is 2. The number of likely N-dealkylation sites (N-methyl/N-ethyl adjacent to an activating group) is 1. The molecule has 2 fully saturated rings. The highest BCUT2D eigenvalue weighted by molar-refractivity contribution is 9.10. The molecule has 2 aliphatic carbocycles. The number of esters is 1. The first-order chi connectivity index (χ1) is 21.3. The van der Waals surface area contributed by atoms with E-state index in [1.165, 1.54) is 12.5 Å². The number of carbonyl (C=O) groups is 2. The molecule has 1 spiro atoms. The molecule has 4 aliphatic rings. The van der Waals surface area contributed by atoms with Crippen LogP contribution in [0.15, 0.2) is 58.4 Å². The predicted octanol–water partition coefficient (Wildman–Crippen LogP) is 6.27. The molecule has 2 aromatic carbocycles. The fourth-order valence-electron chi connectivity index (χ4n) is 8.48. The lowest BCUT2D eigenvalue weighted by atomic mass is 9.50. The third-order valence-corrected chi connectivity index (χ3v) is 12.0. The second-order valence-electron chi connectivity index (χ2n) is 12.4. The van der Waals surface area contributed by atoms with Crippen LogP contribution in [0.4, 0.5) is 0 Å². The zero-order valence-corrected chi connectivity index (χ0v) is 27.7. The summed E-state index contributed by atoms with van der Waals surface area (Å²) in [6, 6.07) is 14.7. The smallest absolute Gasteiger partial charge is 0.308 e. The fraction of sp³-hybridized carbons (Fsp3) is 0.429. The molecule has 0 radical (unpaired) electrons. The summed E-state index contributed by atoms with van der Waals surface area (Å²) >= 11 is 5.09. The average Bonchev–Trinajstić information content (AvgIpc) is 3.60. The van der Waals surface area contributed by atoms with Gasteiger partial charge in [-0.15, -0.1) is 11.3 Å². The number of ether oxygens (including phenoxy) is 3. The van der Waals surface area contributed by atoms with Crippen molar-refractivity contribution < 1.29 is 23.8 Å². The lowest BCUT2D eigenvalue weighted by Crippen LogP contribution is -2.69. The van der Waals surface area contributed by atoms with Crippen molar-refractivity contribution in [2.75, 3.05) is 27.2 Å². The number of likely N-dealkylation sites (tertiary alicyclic amines) is 1. The lowest BCUT2D eigenvalue weighted by molar-refractivity contribution is -0.135. The van der Waals surface area contributed by atoms with Gasteiger partial charge in [0.25, 0.3) is 0 Å². The van der Waals surface area contributed by atoms with Crippen molar-refractivity contribution >= 4 is 45.2 Å². The predicted molar refractivity (Wildman–Crippen MR) is 175 cm³/mol. The summed E-state index contributed by atoms with van der Waals surface area (Å²) in [5.41, 5.74) is 3.25. The van der Waals surface area contributed by atoms with Crippen molar-refractivity contribution in [3.63, 3.8) is 0 Å². The van der Waals surface area contributed by atoms with Gasteiger partial charge in [0, 0.05) is 70.0 Å². The maximum atomic E-state index is 13.6. The fourth-order valence-corrected chi connectivity index (χ4v) is 9.81. The van der Waals surface area contributed by atoms with Crippen LogP contribution in [0.1, 0.15) is 47.8 Å². The van der Waals surface area contributed by atoms with E-state index in [9.17, 15) is 9.59 Å². The Morgan fingerprint density at radius 2 is 2.02 bits per heavy atom. The SMILES string of the molecule is COc1cc(OC(C)=O)c2c3c1O[C@H]1[C@@H](N(C)C(=O)/C=C/c4cc(Br)cs4)CC[C@H]4[C@@H](C2)N(CCc2ccccc2)CC[C@@]341. The Morgan fingerprint density at radius 1 is 1.20 bits per heavy atom. The van der Waals surface area contributed by atoms with Crippen LogP contribution in [-0.4, -0.2) is 67.1 Å². The summed E-state index contributed by atoms with van der Waals surface area (Å²) in [5, 5.41) is 2.01. The first-order valence-electron chi connectivity index (χ1n) is 15.4. The number of hydrogen-bond donors (Lipinski definition) is 0. The summed E-state index contributed by atoms with van der Waals surface area (Å²) in [5.74, 6) is 1.90. The van der Waals surface area contributed by atoms with Gasteiger partial charge in [0.2, 0.25) is 5.91 Å². The molecule has 0 unspecified atom stereocenters. The Balaban J connectivity index is 1.26. The van der Waals surface area contributed by atoms with E-state index in [1.807, 2.05) is 35.5 Å². The van der Waals surface area contributed by atoms with Gasteiger partial charge in [0.15, 0.2) is 11.5 Å². The maximum absolute atomic E-state index is 13.6. The number of benzene rings is 2. The topological polar surface area (TPSA) is 68.3 Å². The van der Waals surface area contributed by atoms with E-state index in [0.29, 0.717) is 23.5 Å². The van der Waals surface area contributed by atoms with Gasteiger partial charge < -0.3 is 19.1 Å². The minimum absolute atomic E-state index is 0.0330. The van der Waals surface area contributed by atoms with Gasteiger partial charge >= 0.3 is 5.97 Å². The molecule has 7 nitrogen and oxygen atoms in total. The molecule has 3 aromatic rings. The summed E-state index contributed by atoms with van der Waals surface area (Å²) in [6.07, 6.45) is 7.90. The van der Waals surface area contributed by atoms with Gasteiger partial charge in [-0.2, -0.15) is 0 Å². The van der Waals surface area contributed by atoms with E-state index < -0.39 is 0 Å². The highest BCUT2D eigenvalue weighted by Gasteiger charge is 2.67. The molecular weight excluding hydrogens is 640 g/mol. The number of nitrogens with zero attached hydrogens (tertiary/aromatic N) is 2. The van der Waals surface area contributed by atoms with E-state index in [0.717, 1.165) is 71.4 Å². The Kier molecular flexibility index (Phi) is 7.83. The number of halogens is 1. The zero-order chi connectivity index (χ0) is 30.6. The number of piperidine rings is 1. The van der Waals surface area contributed by atoms with Crippen LogP contribution < -0.4 is 14.2 Å². The number of amides is 1. The third-order valence-electron chi connectivity index (χ3n) is 10.3. The lowest BCUT2D eigenvalue weighted by Gasteiger charge is -2.60. The molecule has 0 N–H and O–H groups in total. The molecule has 3 heterocycles. The average molecular weight is 678 g/mol. The standard InChI is InChI=1S/C35H37BrN2O5S/c1-21(39)42-29-19-30(41-3)33-32-25(29)18-28-26-10-11-27(37(2)31(40)12-9-24-17-23(36)20-44-24)34(43-33)35(26,32)14-16-38(28)15-13-22-7-5-4-6-8-22/h4-9,12,17,19-20,26-28,34H,10-11,13-16,18H2,1-3H3/b12-9+/t26-,27-,28+,34-,35-/m0/s1. The number of methoxy groups -OCH3 is 1. The van der Waals surface area contributed by atoms with Crippen LogP contribution >= 0.6 is 27.3 Å². The van der Waals surface area contributed by atoms with Gasteiger partial charge in [0.05, 0.1) is 13.2 Å². The Labute approximate surface area is 270 Å². The van der Waals surface area contributed by atoms with Crippen molar-refractivity contribution in [2.45, 2.75) is 62.6 Å². The largest absolute Gasteiger partial charge is 0.493 e. The second-order valence-corrected chi connectivity index (χ2v) is 14.3. The minimum atomic E-state index is -0.346. The van der Waals surface area contributed by atoms with Gasteiger partial charge in [0.1, 0.15) is 11.9 Å². The van der Waals surface area contributed by atoms with Crippen LogP contribution in [-0.2, 0) is 27.8 Å². The molecule has 44 heavy (non-hydrogen) atoms. The number of hydrogen-bond acceptors (Lipinski definition) is 7. The van der Waals surface area contributed by atoms with E-state index in [4.69, 9.17) is 14.2 Å². The Morgan fingerprint density at radius 3 is 2.75 bits per heavy atom. The quantitative estimate of drug-likeness (QED) is 0.159. The molecule has 230 valence electrons. The highest BCUT2D eigenvalue weighted by Crippen LogP contribution is 2.65. The first-order valence-corrected chi connectivity index (χ1v) is 17.0. The molecule has 1 saturated heterocycles. The normalized spacial score (nSPS) is 26.6. The molecule has 2 bridgehead atoms. The minimum Gasteiger partial charge on any atom is -0.493 e. The van der Waals surface area contributed by atoms with Crippen molar-refractivity contribution in [1.82, 2.24) is 9.80 Å². The van der Waals surface area contributed by atoms with Gasteiger partial charge in [-0.1, -0.05) is 30.3 Å². The summed E-state index contributed by atoms with van der Waals surface area (Å²) in [6.45, 7) is 3.37. The van der Waals surface area contributed by atoms with Crippen molar-refractivity contribution in [3.05, 3.63) is 80.0 Å². The summed E-state index contributed by atoms with van der Waals surface area (Å²) in [7, 11) is 3.54. The van der Waals surface area contributed by atoms with E-state index in [1.54, 1.807) is 24.5 Å². The van der Waals surface area contributed by atoms with Crippen LogP contribution in [0.3, 0.4) is 0 Å². The van der Waals surface area contributed by atoms with Gasteiger partial charge in [-0.25, -0.2) is 0 Å². The Hall–Kier alpha value is -3.14. The maximum Gasteiger partial charge on any atom is 0.308 e. The molecule has 9 heteroatoms. The number of thiophene rings is 1. The van der Waals surface area contributed by atoms with Crippen LogP contribution in [0.2, 0.25) is 0 Å². The van der Waals surface area contributed by atoms with Crippen molar-refractivity contribution in [1.29, 1.82) is 0 Å². The third kappa shape index (κ3) is 4.88. The molecular formula is C35H37BrN2O5S. The van der Waals surface area contributed by atoms with Crippen LogP contribution in [0.25, 0.3) is 6.08 Å². The first kappa shape index (κ1) is 29.6. The van der Waals surface area contributed by atoms with E-state index >= 15 is 0 Å². The molecule has 1 aromatic heterocycles. The molecule has 1 amide bonds. The van der Waals surface area contributed by atoms with Crippen molar-refractivity contribution in [3.8, 4) is 17.2 Å². The summed E-state index contributed by atoms with van der Waals surface area (Å²) < 4.78 is 19.7. The van der Waals surface area contributed by atoms with Crippen LogP contribution in [0.5, 0.6) is 17.2 Å². The summed E-state index contributed by atoms with van der Waals surface area (Å²) in [4.78, 5) is 31.4. The van der Waals surface area contributed by atoms with Gasteiger partial charge in [-0.05, 0) is 78.2 Å².